The van der Waals surface area contributed by atoms with Crippen LogP contribution in [0.4, 0.5) is 11.4 Å². The van der Waals surface area contributed by atoms with Crippen LogP contribution in [0.2, 0.25) is 0 Å². The summed E-state index contributed by atoms with van der Waals surface area (Å²) in [5.74, 6) is -1.30. The van der Waals surface area contributed by atoms with Gasteiger partial charge in [0.1, 0.15) is 11.6 Å². The minimum Gasteiger partial charge on any atom is -0.467 e. The third kappa shape index (κ3) is 3.99. The average molecular weight is 336 g/mol. The van der Waals surface area contributed by atoms with Crippen molar-refractivity contribution < 1.29 is 19.2 Å². The van der Waals surface area contributed by atoms with Crippen LogP contribution < -0.4 is 15.5 Å². The normalized spacial score (nSPS) is 15.5. The van der Waals surface area contributed by atoms with E-state index in [1.54, 1.807) is 6.07 Å². The summed E-state index contributed by atoms with van der Waals surface area (Å²) in [6, 6.07) is 3.53. The van der Waals surface area contributed by atoms with Gasteiger partial charge in [-0.3, -0.25) is 14.9 Å². The van der Waals surface area contributed by atoms with E-state index in [1.807, 2.05) is 4.90 Å². The van der Waals surface area contributed by atoms with Crippen molar-refractivity contribution in [2.75, 3.05) is 38.2 Å². The second-order valence-corrected chi connectivity index (χ2v) is 5.41. The van der Waals surface area contributed by atoms with E-state index in [9.17, 15) is 19.7 Å². The van der Waals surface area contributed by atoms with Crippen molar-refractivity contribution in [3.63, 3.8) is 0 Å². The Hall–Kier alpha value is -2.68. The highest BCUT2D eigenvalue weighted by atomic mass is 16.6. The number of carbonyl (C=O) groups excluding carboxylic acids is 2. The van der Waals surface area contributed by atoms with Gasteiger partial charge in [-0.2, -0.15) is 0 Å². The van der Waals surface area contributed by atoms with E-state index in [4.69, 9.17) is 0 Å². The Morgan fingerprint density at radius 3 is 2.62 bits per heavy atom. The van der Waals surface area contributed by atoms with Crippen molar-refractivity contribution >= 4 is 23.3 Å². The summed E-state index contributed by atoms with van der Waals surface area (Å²) in [7, 11) is 1.21. The quantitative estimate of drug-likeness (QED) is 0.451. The zero-order valence-corrected chi connectivity index (χ0v) is 13.6. The summed E-state index contributed by atoms with van der Waals surface area (Å²) >= 11 is 0. The number of nitrogens with one attached hydrogen (secondary N) is 2. The van der Waals surface area contributed by atoms with Crippen molar-refractivity contribution in [3.05, 3.63) is 33.9 Å². The van der Waals surface area contributed by atoms with E-state index in [0.717, 1.165) is 31.9 Å². The fourth-order valence-electron chi connectivity index (χ4n) is 2.49. The van der Waals surface area contributed by atoms with Gasteiger partial charge in [0, 0.05) is 37.9 Å². The molecule has 1 aliphatic rings. The second-order valence-electron chi connectivity index (χ2n) is 5.41. The van der Waals surface area contributed by atoms with Crippen LogP contribution >= 0.6 is 0 Å². The van der Waals surface area contributed by atoms with Gasteiger partial charge in [0.15, 0.2) is 0 Å². The molecule has 0 bridgehead atoms. The molecule has 1 heterocycles. The molecule has 1 amide bonds. The van der Waals surface area contributed by atoms with Crippen LogP contribution in [0.5, 0.6) is 0 Å². The summed E-state index contributed by atoms with van der Waals surface area (Å²) in [6.07, 6.45) is 0. The Balaban J connectivity index is 2.28. The molecule has 1 aliphatic heterocycles. The molecule has 1 fully saturated rings. The number of nitro groups is 1. The number of hydrogen-bond donors (Lipinski definition) is 2. The topological polar surface area (TPSA) is 114 Å². The first-order chi connectivity index (χ1) is 11.4. The lowest BCUT2D eigenvalue weighted by molar-refractivity contribution is -0.385. The Labute approximate surface area is 139 Å². The predicted octanol–water partition coefficient (Wildman–Crippen LogP) is 0.296. The first-order valence-corrected chi connectivity index (χ1v) is 7.57. The van der Waals surface area contributed by atoms with Crippen molar-refractivity contribution in [1.82, 2.24) is 10.6 Å². The molecule has 24 heavy (non-hydrogen) atoms. The Morgan fingerprint density at radius 1 is 1.38 bits per heavy atom. The molecular weight excluding hydrogens is 316 g/mol. The lowest BCUT2D eigenvalue weighted by Crippen LogP contribution is -2.43. The van der Waals surface area contributed by atoms with Crippen LogP contribution in [0.25, 0.3) is 0 Å². The van der Waals surface area contributed by atoms with E-state index < -0.39 is 22.8 Å². The maximum absolute atomic E-state index is 12.4. The molecule has 0 saturated carbocycles. The van der Waals surface area contributed by atoms with Crippen LogP contribution in [0, 0.1) is 10.1 Å². The van der Waals surface area contributed by atoms with Gasteiger partial charge in [-0.15, -0.1) is 0 Å². The molecule has 1 saturated heterocycles. The Kier molecular flexibility index (Phi) is 5.69. The van der Waals surface area contributed by atoms with Gasteiger partial charge in [-0.05, 0) is 19.1 Å². The largest absolute Gasteiger partial charge is 0.467 e. The van der Waals surface area contributed by atoms with Gasteiger partial charge >= 0.3 is 5.97 Å². The highest BCUT2D eigenvalue weighted by Crippen LogP contribution is 2.25. The molecule has 1 aromatic carbocycles. The molecule has 0 aliphatic carbocycles. The fourth-order valence-corrected chi connectivity index (χ4v) is 2.49. The number of rotatable bonds is 5. The monoisotopic (exact) mass is 336 g/mol. The lowest BCUT2D eigenvalue weighted by atomic mass is 10.1. The average Bonchev–Trinajstić information content (AvgIpc) is 2.60. The highest BCUT2D eigenvalue weighted by Gasteiger charge is 2.25. The predicted molar refractivity (Wildman–Crippen MR) is 87.1 cm³/mol. The molecule has 130 valence electrons. The summed E-state index contributed by atoms with van der Waals surface area (Å²) in [6.45, 7) is 4.56. The Morgan fingerprint density at radius 2 is 2.04 bits per heavy atom. The van der Waals surface area contributed by atoms with Crippen LogP contribution in [-0.2, 0) is 9.53 Å². The number of amides is 1. The number of carbonyl (C=O) groups is 2. The minimum absolute atomic E-state index is 0.0771. The van der Waals surface area contributed by atoms with Crippen LogP contribution in [0.1, 0.15) is 17.3 Å². The third-order valence-corrected chi connectivity index (χ3v) is 3.81. The number of methoxy groups -OCH3 is 1. The molecule has 1 aromatic rings. The third-order valence-electron chi connectivity index (χ3n) is 3.81. The molecule has 9 nitrogen and oxygen atoms in total. The van der Waals surface area contributed by atoms with Crippen LogP contribution in [0.15, 0.2) is 18.2 Å². The first kappa shape index (κ1) is 17.7. The molecule has 1 atom stereocenters. The minimum atomic E-state index is -0.898. The van der Waals surface area contributed by atoms with Crippen molar-refractivity contribution in [2.24, 2.45) is 0 Å². The highest BCUT2D eigenvalue weighted by molar-refractivity contribution is 6.01. The van der Waals surface area contributed by atoms with Crippen molar-refractivity contribution in [1.29, 1.82) is 0 Å². The molecule has 2 rings (SSSR count). The maximum atomic E-state index is 12.4. The van der Waals surface area contributed by atoms with E-state index in [1.165, 1.54) is 26.2 Å². The van der Waals surface area contributed by atoms with E-state index >= 15 is 0 Å². The van der Waals surface area contributed by atoms with Gasteiger partial charge in [-0.25, -0.2) is 4.79 Å². The van der Waals surface area contributed by atoms with Gasteiger partial charge < -0.3 is 20.3 Å². The molecule has 2 N–H and O–H groups in total. The van der Waals surface area contributed by atoms with Gasteiger partial charge in [0.25, 0.3) is 11.6 Å². The molecular formula is C15H20N4O5. The zero-order chi connectivity index (χ0) is 17.7. The van der Waals surface area contributed by atoms with Gasteiger partial charge in [0.05, 0.1) is 12.0 Å². The number of nitrogens with zero attached hydrogens (tertiary/aromatic N) is 2. The van der Waals surface area contributed by atoms with Crippen molar-refractivity contribution in [2.45, 2.75) is 13.0 Å². The molecule has 0 radical (unpaired) electrons. The van der Waals surface area contributed by atoms with Gasteiger partial charge in [-0.1, -0.05) is 0 Å². The number of benzene rings is 1. The van der Waals surface area contributed by atoms with Crippen LogP contribution in [0.3, 0.4) is 0 Å². The Bertz CT molecular complexity index is 643. The smallest absolute Gasteiger partial charge is 0.328 e. The summed E-state index contributed by atoms with van der Waals surface area (Å²) in [4.78, 5) is 36.4. The van der Waals surface area contributed by atoms with Gasteiger partial charge in [0.2, 0.25) is 0 Å². The number of nitro benzene ring substituents is 1. The maximum Gasteiger partial charge on any atom is 0.328 e. The lowest BCUT2D eigenvalue weighted by Gasteiger charge is -2.29. The SMILES string of the molecule is COC(=O)C(C)NC(=O)c1cc(N2CCNCC2)ccc1[N+](=O)[O-]. The fraction of sp³-hybridized carbons (Fsp3) is 0.467. The number of hydrogen-bond acceptors (Lipinski definition) is 7. The molecule has 0 aromatic heterocycles. The molecule has 9 heteroatoms. The van der Waals surface area contributed by atoms with Crippen LogP contribution in [-0.4, -0.2) is 56.1 Å². The number of piperazine rings is 1. The van der Waals surface area contributed by atoms with E-state index in [2.05, 4.69) is 15.4 Å². The summed E-state index contributed by atoms with van der Waals surface area (Å²) < 4.78 is 4.54. The van der Waals surface area contributed by atoms with E-state index in [-0.39, 0.29) is 11.3 Å². The second kappa shape index (κ2) is 7.73. The number of anilines is 1. The standard InChI is InChI=1S/C15H20N4O5/c1-10(15(21)24-2)17-14(20)12-9-11(3-4-13(12)19(22)23)18-7-5-16-6-8-18/h3-4,9-10,16H,5-8H2,1-2H3,(H,17,20). The van der Waals surface area contributed by atoms with E-state index in [0.29, 0.717) is 0 Å². The summed E-state index contributed by atoms with van der Waals surface area (Å²) in [5.41, 5.74) is 0.355. The number of ether oxygens (including phenoxy) is 1. The summed E-state index contributed by atoms with van der Waals surface area (Å²) in [5, 5.41) is 16.8. The first-order valence-electron chi connectivity index (χ1n) is 7.57. The van der Waals surface area contributed by atoms with Crippen molar-refractivity contribution in [3.8, 4) is 0 Å². The number of esters is 1. The molecule has 1 unspecified atom stereocenters. The zero-order valence-electron chi connectivity index (χ0n) is 13.6. The molecule has 0 spiro atoms.